The highest BCUT2D eigenvalue weighted by molar-refractivity contribution is 5.75. The van der Waals surface area contributed by atoms with E-state index in [1.165, 1.54) is 7.11 Å². The van der Waals surface area contributed by atoms with E-state index in [-0.39, 0.29) is 18.0 Å². The van der Waals surface area contributed by atoms with Crippen molar-refractivity contribution in [1.82, 2.24) is 4.90 Å². The van der Waals surface area contributed by atoms with Gasteiger partial charge in [-0.2, -0.15) is 0 Å². The second-order valence-electron chi connectivity index (χ2n) is 3.92. The highest BCUT2D eigenvalue weighted by atomic mass is 16.6. The maximum atomic E-state index is 11.5. The van der Waals surface area contributed by atoms with E-state index in [0.717, 1.165) is 12.8 Å². The Labute approximate surface area is 95.7 Å². The van der Waals surface area contributed by atoms with Gasteiger partial charge in [-0.05, 0) is 12.8 Å². The quantitative estimate of drug-likeness (QED) is 0.540. The van der Waals surface area contributed by atoms with Crippen LogP contribution in [0.3, 0.4) is 0 Å². The monoisotopic (exact) mass is 229 g/mol. The van der Waals surface area contributed by atoms with Gasteiger partial charge >= 0.3 is 12.1 Å². The Bertz CT molecular complexity index is 254. The second kappa shape index (κ2) is 6.35. The predicted molar refractivity (Wildman–Crippen MR) is 58.0 cm³/mol. The fraction of sp³-hybridized carbons (Fsp3) is 0.818. The van der Waals surface area contributed by atoms with Crippen LogP contribution in [0.25, 0.3) is 0 Å². The Hall–Kier alpha value is -1.26. The SMILES string of the molecule is CCCCOC(=O)N1CCC(C(=O)OC)C1. The lowest BCUT2D eigenvalue weighted by molar-refractivity contribution is -0.144. The van der Waals surface area contributed by atoms with Crippen LogP contribution in [0, 0.1) is 5.92 Å². The number of hydrogen-bond donors (Lipinski definition) is 0. The Morgan fingerprint density at radius 1 is 1.44 bits per heavy atom. The van der Waals surface area contributed by atoms with Gasteiger partial charge in [0, 0.05) is 13.1 Å². The summed E-state index contributed by atoms with van der Waals surface area (Å²) in [4.78, 5) is 24.3. The lowest BCUT2D eigenvalue weighted by Crippen LogP contribution is -2.31. The van der Waals surface area contributed by atoms with Crippen molar-refractivity contribution in [2.24, 2.45) is 5.92 Å². The summed E-state index contributed by atoms with van der Waals surface area (Å²) in [7, 11) is 1.37. The molecule has 1 saturated heterocycles. The summed E-state index contributed by atoms with van der Waals surface area (Å²) in [6.45, 7) is 3.48. The first-order valence-corrected chi connectivity index (χ1v) is 5.68. The molecule has 16 heavy (non-hydrogen) atoms. The molecule has 1 fully saturated rings. The topological polar surface area (TPSA) is 55.8 Å². The molecule has 0 aliphatic carbocycles. The number of ether oxygens (including phenoxy) is 2. The largest absolute Gasteiger partial charge is 0.469 e. The average molecular weight is 229 g/mol. The van der Waals surface area contributed by atoms with E-state index in [0.29, 0.717) is 26.1 Å². The fourth-order valence-electron chi connectivity index (χ4n) is 1.68. The fourth-order valence-corrected chi connectivity index (χ4v) is 1.68. The van der Waals surface area contributed by atoms with Gasteiger partial charge in [0.05, 0.1) is 19.6 Å². The minimum absolute atomic E-state index is 0.191. The Morgan fingerprint density at radius 2 is 2.19 bits per heavy atom. The van der Waals surface area contributed by atoms with E-state index in [9.17, 15) is 9.59 Å². The molecule has 1 atom stereocenters. The summed E-state index contributed by atoms with van der Waals surface area (Å²) in [5, 5.41) is 0. The molecule has 1 rings (SSSR count). The first-order valence-electron chi connectivity index (χ1n) is 5.68. The van der Waals surface area contributed by atoms with E-state index in [2.05, 4.69) is 4.74 Å². The number of esters is 1. The standard InChI is InChI=1S/C11H19NO4/c1-3-4-7-16-11(14)12-6-5-9(8-12)10(13)15-2/h9H,3-8H2,1-2H3. The van der Waals surface area contributed by atoms with Gasteiger partial charge in [-0.3, -0.25) is 4.79 Å². The van der Waals surface area contributed by atoms with Crippen molar-refractivity contribution in [2.75, 3.05) is 26.8 Å². The molecular weight excluding hydrogens is 210 g/mol. The minimum atomic E-state index is -0.320. The van der Waals surface area contributed by atoms with Gasteiger partial charge in [-0.25, -0.2) is 4.79 Å². The highest BCUT2D eigenvalue weighted by Crippen LogP contribution is 2.18. The molecule has 1 aliphatic heterocycles. The molecule has 5 heteroatoms. The molecule has 0 aromatic rings. The molecule has 1 unspecified atom stereocenters. The molecule has 0 radical (unpaired) electrons. The summed E-state index contributed by atoms with van der Waals surface area (Å²) in [6, 6.07) is 0. The van der Waals surface area contributed by atoms with Crippen LogP contribution in [0.4, 0.5) is 4.79 Å². The summed E-state index contributed by atoms with van der Waals surface area (Å²) < 4.78 is 9.71. The van der Waals surface area contributed by atoms with Crippen molar-refractivity contribution in [2.45, 2.75) is 26.2 Å². The summed E-state index contributed by atoms with van der Waals surface area (Å²) in [5.41, 5.74) is 0. The first kappa shape index (κ1) is 12.8. The maximum Gasteiger partial charge on any atom is 0.409 e. The molecule has 1 heterocycles. The van der Waals surface area contributed by atoms with Crippen LogP contribution in [0.1, 0.15) is 26.2 Å². The van der Waals surface area contributed by atoms with Crippen LogP contribution in [-0.2, 0) is 14.3 Å². The maximum absolute atomic E-state index is 11.5. The number of hydrogen-bond acceptors (Lipinski definition) is 4. The lowest BCUT2D eigenvalue weighted by Gasteiger charge is -2.15. The van der Waals surface area contributed by atoms with E-state index in [1.54, 1.807) is 4.90 Å². The zero-order chi connectivity index (χ0) is 12.0. The molecule has 0 aromatic carbocycles. The van der Waals surface area contributed by atoms with Crippen molar-refractivity contribution < 1.29 is 19.1 Å². The number of nitrogens with zero attached hydrogens (tertiary/aromatic N) is 1. The number of carbonyl (C=O) groups excluding carboxylic acids is 2. The van der Waals surface area contributed by atoms with Gasteiger partial charge in [-0.1, -0.05) is 13.3 Å². The van der Waals surface area contributed by atoms with Crippen molar-refractivity contribution in [3.05, 3.63) is 0 Å². The van der Waals surface area contributed by atoms with Crippen LogP contribution in [-0.4, -0.2) is 43.8 Å². The molecule has 1 amide bonds. The number of methoxy groups -OCH3 is 1. The first-order chi connectivity index (χ1) is 7.69. The number of likely N-dealkylation sites (tertiary alicyclic amines) is 1. The Balaban J connectivity index is 2.29. The molecule has 0 bridgehead atoms. The molecule has 0 spiro atoms. The van der Waals surface area contributed by atoms with Gasteiger partial charge in [0.15, 0.2) is 0 Å². The zero-order valence-corrected chi connectivity index (χ0v) is 9.90. The van der Waals surface area contributed by atoms with Gasteiger partial charge < -0.3 is 14.4 Å². The molecule has 5 nitrogen and oxygen atoms in total. The van der Waals surface area contributed by atoms with Crippen LogP contribution in [0.5, 0.6) is 0 Å². The average Bonchev–Trinajstić information content (AvgIpc) is 2.77. The van der Waals surface area contributed by atoms with E-state index in [1.807, 2.05) is 6.92 Å². The molecule has 0 saturated carbocycles. The molecular formula is C11H19NO4. The second-order valence-corrected chi connectivity index (χ2v) is 3.92. The van der Waals surface area contributed by atoms with Gasteiger partial charge in [0.2, 0.25) is 0 Å². The van der Waals surface area contributed by atoms with Crippen LogP contribution in [0.15, 0.2) is 0 Å². The van der Waals surface area contributed by atoms with Gasteiger partial charge in [0.1, 0.15) is 0 Å². The van der Waals surface area contributed by atoms with Crippen molar-refractivity contribution >= 4 is 12.1 Å². The Morgan fingerprint density at radius 3 is 2.81 bits per heavy atom. The van der Waals surface area contributed by atoms with Crippen molar-refractivity contribution in [3.8, 4) is 0 Å². The van der Waals surface area contributed by atoms with Crippen molar-refractivity contribution in [1.29, 1.82) is 0 Å². The number of amides is 1. The Kier molecular flexibility index (Phi) is 5.08. The van der Waals surface area contributed by atoms with Gasteiger partial charge in [0.25, 0.3) is 0 Å². The van der Waals surface area contributed by atoms with E-state index in [4.69, 9.17) is 4.74 Å². The van der Waals surface area contributed by atoms with Crippen LogP contribution < -0.4 is 0 Å². The lowest BCUT2D eigenvalue weighted by atomic mass is 10.1. The molecule has 0 aromatic heterocycles. The van der Waals surface area contributed by atoms with Crippen LogP contribution >= 0.6 is 0 Å². The number of unbranched alkanes of at least 4 members (excludes halogenated alkanes) is 1. The smallest absolute Gasteiger partial charge is 0.409 e. The minimum Gasteiger partial charge on any atom is -0.469 e. The third-order valence-corrected chi connectivity index (χ3v) is 2.70. The molecule has 92 valence electrons. The third kappa shape index (κ3) is 3.40. The summed E-state index contributed by atoms with van der Waals surface area (Å²) >= 11 is 0. The zero-order valence-electron chi connectivity index (χ0n) is 9.90. The van der Waals surface area contributed by atoms with E-state index < -0.39 is 0 Å². The number of rotatable bonds is 4. The highest BCUT2D eigenvalue weighted by Gasteiger charge is 2.32. The predicted octanol–water partition coefficient (Wildman–Crippen LogP) is 1.42. The normalized spacial score (nSPS) is 19.6. The molecule has 1 aliphatic rings. The van der Waals surface area contributed by atoms with Crippen LogP contribution in [0.2, 0.25) is 0 Å². The van der Waals surface area contributed by atoms with Crippen molar-refractivity contribution in [3.63, 3.8) is 0 Å². The van der Waals surface area contributed by atoms with Gasteiger partial charge in [-0.15, -0.1) is 0 Å². The summed E-state index contributed by atoms with van der Waals surface area (Å²) in [5.74, 6) is -0.437. The number of carbonyl (C=O) groups is 2. The third-order valence-electron chi connectivity index (χ3n) is 2.70. The van der Waals surface area contributed by atoms with E-state index >= 15 is 0 Å². The summed E-state index contributed by atoms with van der Waals surface area (Å²) in [6.07, 6.45) is 2.22. The molecule has 0 N–H and O–H groups in total.